The largest absolute Gasteiger partial charge is 0.454 e. The molecule has 0 spiro atoms. The van der Waals surface area contributed by atoms with Crippen molar-refractivity contribution < 1.29 is 4.42 Å². The van der Waals surface area contributed by atoms with Crippen molar-refractivity contribution in [3.63, 3.8) is 0 Å². The third-order valence-corrected chi connectivity index (χ3v) is 11.1. The van der Waals surface area contributed by atoms with E-state index < -0.39 is 0 Å². The highest BCUT2D eigenvalue weighted by molar-refractivity contribution is 6.20. The van der Waals surface area contributed by atoms with Crippen LogP contribution in [-0.2, 0) is 0 Å². The molecule has 0 aliphatic rings. The molecule has 55 heavy (non-hydrogen) atoms. The van der Waals surface area contributed by atoms with Gasteiger partial charge in [-0.1, -0.05) is 121 Å². The Hall–Kier alpha value is -7.50. The van der Waals surface area contributed by atoms with Gasteiger partial charge in [-0.2, -0.15) is 0 Å². The Bertz CT molecular complexity index is 3480. The van der Waals surface area contributed by atoms with E-state index in [9.17, 15) is 0 Å². The molecule has 5 heteroatoms. The number of aromatic nitrogens is 4. The Labute approximate surface area is 315 Å². The van der Waals surface area contributed by atoms with Crippen LogP contribution in [0.1, 0.15) is 0 Å². The van der Waals surface area contributed by atoms with Gasteiger partial charge in [0, 0.05) is 54.5 Å². The third-order valence-electron chi connectivity index (χ3n) is 11.1. The molecule has 0 saturated carbocycles. The number of para-hydroxylation sites is 5. The minimum atomic E-state index is 0.668. The molecule has 0 amide bonds. The standard InChI is InChI=1S/C50H30N4O/c1-3-14-31(15-4-1)48-38-20-7-10-22-41(38)51-50(52-48)32-26-27-36-37-21-13-25-44(49(37)55-47(36)28-32)54-43-24-12-9-19-35(43)40-29-45-39(30-46(40)54)34-18-8-11-23-42(34)53(45)33-16-5-2-6-17-33/h1-30H. The topological polar surface area (TPSA) is 48.8 Å². The van der Waals surface area contributed by atoms with E-state index in [1.807, 2.05) is 30.3 Å². The van der Waals surface area contributed by atoms with Crippen LogP contribution in [0.2, 0.25) is 0 Å². The lowest BCUT2D eigenvalue weighted by Gasteiger charge is -2.09. The smallest absolute Gasteiger partial charge is 0.160 e. The zero-order valence-electron chi connectivity index (χ0n) is 29.5. The molecule has 4 aromatic heterocycles. The summed E-state index contributed by atoms with van der Waals surface area (Å²) in [5.74, 6) is 0.668. The van der Waals surface area contributed by atoms with Gasteiger partial charge in [-0.15, -0.1) is 0 Å². The van der Waals surface area contributed by atoms with E-state index >= 15 is 0 Å². The minimum absolute atomic E-state index is 0.668. The Morgan fingerprint density at radius 1 is 0.382 bits per heavy atom. The highest BCUT2D eigenvalue weighted by Crippen LogP contribution is 2.42. The monoisotopic (exact) mass is 702 g/mol. The fourth-order valence-electron chi connectivity index (χ4n) is 8.67. The normalized spacial score (nSPS) is 12.0. The van der Waals surface area contributed by atoms with Crippen molar-refractivity contribution in [2.75, 3.05) is 0 Å². The molecule has 0 aliphatic heterocycles. The number of benzene rings is 8. The first kappa shape index (κ1) is 30.0. The highest BCUT2D eigenvalue weighted by Gasteiger charge is 2.21. The lowest BCUT2D eigenvalue weighted by Crippen LogP contribution is -1.95. The summed E-state index contributed by atoms with van der Waals surface area (Å²) in [6, 6.07) is 64.1. The second-order valence-electron chi connectivity index (χ2n) is 14.2. The van der Waals surface area contributed by atoms with Gasteiger partial charge < -0.3 is 13.6 Å². The lowest BCUT2D eigenvalue weighted by atomic mass is 10.1. The van der Waals surface area contributed by atoms with Crippen LogP contribution in [0.5, 0.6) is 0 Å². The summed E-state index contributed by atoms with van der Waals surface area (Å²) in [6.07, 6.45) is 0. The van der Waals surface area contributed by atoms with Crippen molar-refractivity contribution in [3.8, 4) is 34.0 Å². The molecule has 4 heterocycles. The van der Waals surface area contributed by atoms with Gasteiger partial charge in [0.1, 0.15) is 5.58 Å². The summed E-state index contributed by atoms with van der Waals surface area (Å²) in [5.41, 5.74) is 12.2. The molecule has 0 bridgehead atoms. The Balaban J connectivity index is 1.09. The average Bonchev–Trinajstić information content (AvgIpc) is 3.90. The van der Waals surface area contributed by atoms with Gasteiger partial charge >= 0.3 is 0 Å². The fourth-order valence-corrected chi connectivity index (χ4v) is 8.67. The molecule has 0 unspecified atom stereocenters. The summed E-state index contributed by atoms with van der Waals surface area (Å²) in [5, 5.41) is 7.97. The highest BCUT2D eigenvalue weighted by atomic mass is 16.3. The minimum Gasteiger partial charge on any atom is -0.454 e. The number of hydrogen-bond donors (Lipinski definition) is 0. The molecule has 0 atom stereocenters. The van der Waals surface area contributed by atoms with Crippen LogP contribution in [0.15, 0.2) is 186 Å². The number of hydrogen-bond acceptors (Lipinski definition) is 3. The van der Waals surface area contributed by atoms with Crippen molar-refractivity contribution >= 4 is 76.5 Å². The van der Waals surface area contributed by atoms with Crippen LogP contribution < -0.4 is 0 Å². The van der Waals surface area contributed by atoms with E-state index in [-0.39, 0.29) is 0 Å². The van der Waals surface area contributed by atoms with Gasteiger partial charge in [0.2, 0.25) is 0 Å². The van der Waals surface area contributed by atoms with E-state index in [0.717, 1.165) is 72.1 Å². The summed E-state index contributed by atoms with van der Waals surface area (Å²) in [4.78, 5) is 10.2. The van der Waals surface area contributed by atoms with Crippen molar-refractivity contribution in [2.24, 2.45) is 0 Å². The van der Waals surface area contributed by atoms with Crippen LogP contribution in [-0.4, -0.2) is 19.1 Å². The Morgan fingerprint density at radius 3 is 1.76 bits per heavy atom. The van der Waals surface area contributed by atoms with E-state index in [1.54, 1.807) is 0 Å². The van der Waals surface area contributed by atoms with Gasteiger partial charge in [0.05, 0.1) is 39.0 Å². The SMILES string of the molecule is c1ccc(-c2nc(-c3ccc4c(c3)oc3c(-n5c6ccccc6c6cc7c(cc65)c5ccccc5n7-c5ccccc5)cccc34)nc3ccccc23)cc1. The van der Waals surface area contributed by atoms with E-state index in [2.05, 4.69) is 161 Å². The molecule has 0 fully saturated rings. The molecule has 0 N–H and O–H groups in total. The van der Waals surface area contributed by atoms with Crippen LogP contribution in [0.3, 0.4) is 0 Å². The lowest BCUT2D eigenvalue weighted by molar-refractivity contribution is 0.666. The predicted octanol–water partition coefficient (Wildman–Crippen LogP) is 13.1. The number of fused-ring (bicyclic) bond motifs is 10. The first-order chi connectivity index (χ1) is 27.3. The second-order valence-corrected chi connectivity index (χ2v) is 14.2. The molecule has 5 nitrogen and oxygen atoms in total. The van der Waals surface area contributed by atoms with Crippen LogP contribution >= 0.6 is 0 Å². The summed E-state index contributed by atoms with van der Waals surface area (Å²) >= 11 is 0. The van der Waals surface area contributed by atoms with Crippen LogP contribution in [0.25, 0.3) is 110 Å². The van der Waals surface area contributed by atoms with Gasteiger partial charge in [-0.3, -0.25) is 0 Å². The van der Waals surface area contributed by atoms with Crippen LogP contribution in [0, 0.1) is 0 Å². The zero-order valence-corrected chi connectivity index (χ0v) is 29.5. The fraction of sp³-hybridized carbons (Fsp3) is 0. The van der Waals surface area contributed by atoms with Crippen molar-refractivity contribution in [1.82, 2.24) is 19.1 Å². The van der Waals surface area contributed by atoms with E-state index in [0.29, 0.717) is 5.82 Å². The summed E-state index contributed by atoms with van der Waals surface area (Å²) < 4.78 is 11.7. The van der Waals surface area contributed by atoms with Crippen molar-refractivity contribution in [2.45, 2.75) is 0 Å². The van der Waals surface area contributed by atoms with Crippen molar-refractivity contribution in [1.29, 1.82) is 0 Å². The predicted molar refractivity (Wildman–Crippen MR) is 226 cm³/mol. The third kappa shape index (κ3) is 4.41. The molecule has 256 valence electrons. The maximum absolute atomic E-state index is 6.91. The molecule has 12 aromatic rings. The van der Waals surface area contributed by atoms with Crippen molar-refractivity contribution in [3.05, 3.63) is 182 Å². The molecular formula is C50H30N4O. The average molecular weight is 703 g/mol. The molecule has 12 rings (SSSR count). The summed E-state index contributed by atoms with van der Waals surface area (Å²) in [6.45, 7) is 0. The van der Waals surface area contributed by atoms with E-state index in [1.165, 1.54) is 32.6 Å². The van der Waals surface area contributed by atoms with Gasteiger partial charge in [-0.05, 0) is 60.7 Å². The maximum Gasteiger partial charge on any atom is 0.160 e. The Morgan fingerprint density at radius 2 is 1.00 bits per heavy atom. The van der Waals surface area contributed by atoms with Crippen LogP contribution in [0.4, 0.5) is 0 Å². The summed E-state index contributed by atoms with van der Waals surface area (Å²) in [7, 11) is 0. The zero-order chi connectivity index (χ0) is 36.0. The molecular weight excluding hydrogens is 673 g/mol. The van der Waals surface area contributed by atoms with Gasteiger partial charge in [-0.25, -0.2) is 9.97 Å². The number of furan rings is 1. The van der Waals surface area contributed by atoms with E-state index in [4.69, 9.17) is 14.4 Å². The van der Waals surface area contributed by atoms with Gasteiger partial charge in [0.15, 0.2) is 11.4 Å². The van der Waals surface area contributed by atoms with Gasteiger partial charge in [0.25, 0.3) is 0 Å². The molecule has 0 radical (unpaired) electrons. The first-order valence-corrected chi connectivity index (χ1v) is 18.6. The quantitative estimate of drug-likeness (QED) is 0.183. The number of nitrogens with zero attached hydrogens (tertiary/aromatic N) is 4. The Kier molecular flexibility index (Phi) is 6.27. The molecule has 8 aromatic carbocycles. The maximum atomic E-state index is 6.91. The second kappa shape index (κ2) is 11.5. The number of rotatable bonds is 4. The molecule has 0 aliphatic carbocycles. The first-order valence-electron chi connectivity index (χ1n) is 18.6. The molecule has 0 saturated heterocycles.